The van der Waals surface area contributed by atoms with E-state index in [2.05, 4.69) is 24.5 Å². The van der Waals surface area contributed by atoms with Gasteiger partial charge in [0.1, 0.15) is 31.0 Å². The highest BCUT2D eigenvalue weighted by molar-refractivity contribution is 6.30. The molecule has 1 aromatic carbocycles. The minimum absolute atomic E-state index is 0.135. The van der Waals surface area contributed by atoms with E-state index in [1.54, 1.807) is 24.3 Å². The highest BCUT2D eigenvalue weighted by atomic mass is 35.5. The van der Waals surface area contributed by atoms with Gasteiger partial charge in [-0.2, -0.15) is 0 Å². The first-order valence-corrected chi connectivity index (χ1v) is 29.2. The Bertz CT molecular complexity index is 1310. The highest BCUT2D eigenvalue weighted by Gasteiger charge is 2.45. The van der Waals surface area contributed by atoms with E-state index in [0.717, 1.165) is 38.5 Å². The van der Waals surface area contributed by atoms with Crippen LogP contribution in [0.1, 0.15) is 251 Å². The summed E-state index contributed by atoms with van der Waals surface area (Å²) in [6.45, 7) is 4.58. The summed E-state index contributed by atoms with van der Waals surface area (Å²) in [5.41, 5.74) is 0.415. The largest absolute Gasteiger partial charge is 0.446 e. The van der Waals surface area contributed by atoms with Crippen molar-refractivity contribution in [3.63, 3.8) is 0 Å². The Balaban J connectivity index is 1.68. The topological polar surface area (TPSA) is 170 Å². The first-order valence-electron chi connectivity index (χ1n) is 28.8. The molecule has 2 rings (SSSR count). The van der Waals surface area contributed by atoms with Gasteiger partial charge in [0.25, 0.3) is 0 Å². The lowest BCUT2D eigenvalue weighted by Gasteiger charge is -2.40. The van der Waals surface area contributed by atoms with E-state index in [1.807, 2.05) is 0 Å². The van der Waals surface area contributed by atoms with Crippen molar-refractivity contribution in [1.29, 1.82) is 0 Å². The van der Waals surface area contributed by atoms with Crippen molar-refractivity contribution >= 4 is 23.4 Å². The number of hydrogen-bond acceptors (Lipinski definition) is 10. The van der Waals surface area contributed by atoms with Crippen molar-refractivity contribution < 1.29 is 44.5 Å². The molecule has 12 heteroatoms. The Hall–Kier alpha value is -1.54. The van der Waals surface area contributed by atoms with Crippen molar-refractivity contribution in [2.45, 2.75) is 300 Å². The molecule has 0 unspecified atom stereocenters. The van der Waals surface area contributed by atoms with Gasteiger partial charge in [0, 0.05) is 10.7 Å². The monoisotopic (exact) mass is 997 g/mol. The number of aliphatic hydroxyl groups excluding tert-OH is 5. The van der Waals surface area contributed by atoms with Crippen LogP contribution in [0.2, 0.25) is 5.02 Å². The summed E-state index contributed by atoms with van der Waals surface area (Å²) in [6, 6.07) is 5.85. The normalized spacial score (nSPS) is 19.7. The lowest BCUT2D eigenvalue weighted by Crippen LogP contribution is -2.60. The summed E-state index contributed by atoms with van der Waals surface area (Å²) in [5.74, 6) is 0. The Morgan fingerprint density at radius 2 is 1.01 bits per heavy atom. The second kappa shape index (κ2) is 44.0. The fraction of sp³-hybridized carbons (Fsp3) is 0.877. The molecule has 7 N–H and O–H groups in total. The second-order valence-electron chi connectivity index (χ2n) is 20.5. The van der Waals surface area contributed by atoms with Crippen LogP contribution in [0, 0.1) is 0 Å². The van der Waals surface area contributed by atoms with E-state index in [4.69, 9.17) is 25.8 Å². The van der Waals surface area contributed by atoms with Gasteiger partial charge in [0.2, 0.25) is 0 Å². The molecular weight excluding hydrogens is 892 g/mol. The van der Waals surface area contributed by atoms with E-state index in [9.17, 15) is 30.3 Å². The number of rotatable bonds is 47. The van der Waals surface area contributed by atoms with Crippen LogP contribution in [0.25, 0.3) is 0 Å². The van der Waals surface area contributed by atoms with Gasteiger partial charge in [-0.1, -0.05) is 256 Å². The van der Waals surface area contributed by atoms with E-state index >= 15 is 0 Å². The molecule has 1 aromatic rings. The maximum absolute atomic E-state index is 12.5. The molecule has 1 saturated heterocycles. The van der Waals surface area contributed by atoms with Crippen molar-refractivity contribution in [3.8, 4) is 0 Å². The number of nitrogens with one attached hydrogen (secondary N) is 2. The molecule has 69 heavy (non-hydrogen) atoms. The van der Waals surface area contributed by atoms with Gasteiger partial charge in [0.15, 0.2) is 6.29 Å². The summed E-state index contributed by atoms with van der Waals surface area (Å²) < 4.78 is 17.1. The van der Waals surface area contributed by atoms with Gasteiger partial charge in [-0.15, -0.1) is 0 Å². The highest BCUT2D eigenvalue weighted by Crippen LogP contribution is 2.25. The third kappa shape index (κ3) is 33.0. The Morgan fingerprint density at radius 3 is 1.45 bits per heavy atom. The summed E-state index contributed by atoms with van der Waals surface area (Å²) in [6.07, 6.45) is 36.8. The average Bonchev–Trinajstić information content (AvgIpc) is 3.34. The maximum atomic E-state index is 12.5. The summed E-state index contributed by atoms with van der Waals surface area (Å²) in [7, 11) is 0. The molecule has 0 radical (unpaired) electrons. The molecule has 0 saturated carbocycles. The number of unbranched alkanes of at least 4 members (excludes halogenated alkanes) is 34. The number of carbonyl (C=O) groups excluding carboxylic acids is 1. The molecule has 1 aliphatic heterocycles. The predicted molar refractivity (Wildman–Crippen MR) is 285 cm³/mol. The molecule has 11 nitrogen and oxygen atoms in total. The number of carbonyl (C=O) groups is 1. The number of ether oxygens (including phenoxy) is 3. The third-order valence-electron chi connectivity index (χ3n) is 14.2. The Labute approximate surface area is 426 Å². The fourth-order valence-electron chi connectivity index (χ4n) is 9.55. The molecule has 1 fully saturated rings. The van der Waals surface area contributed by atoms with Crippen LogP contribution in [-0.2, 0) is 14.2 Å². The van der Waals surface area contributed by atoms with Gasteiger partial charge in [0.05, 0.1) is 24.9 Å². The van der Waals surface area contributed by atoms with Gasteiger partial charge in [-0.25, -0.2) is 4.79 Å². The lowest BCUT2D eigenvalue weighted by molar-refractivity contribution is -0.302. The standard InChI is InChI=1S/C57H105ClN2O9/c1-3-5-7-9-11-13-15-17-18-19-20-21-22-23-24-25-26-27-28-30-32-34-36-38-43-59-49(52(62)50(61)42-37-35-33-31-29-16-14-12-10-8-6-4-2)45-67-56-55(65)54(64)53(63)51(69-56)46-68-57(66)60-48-41-39-40-47(58)44-48/h39-41,44,49-56,59,61-65H,3-38,42-43,45-46H2,1-2H3,(H,60,66)/t49-,50+,51+,52-,53-,54-,55+,56-/m0/s1. The summed E-state index contributed by atoms with van der Waals surface area (Å²) >= 11 is 6.01. The zero-order valence-corrected chi connectivity index (χ0v) is 44.7. The predicted octanol–water partition coefficient (Wildman–Crippen LogP) is 13.9. The maximum Gasteiger partial charge on any atom is 0.411 e. The molecule has 1 aliphatic rings. The first-order chi connectivity index (χ1) is 33.7. The number of benzene rings is 1. The zero-order valence-electron chi connectivity index (χ0n) is 44.0. The van der Waals surface area contributed by atoms with Gasteiger partial charge < -0.3 is 45.1 Å². The average molecular weight is 998 g/mol. The minimum Gasteiger partial charge on any atom is -0.446 e. The molecule has 0 spiro atoms. The van der Waals surface area contributed by atoms with E-state index in [1.165, 1.54) is 193 Å². The van der Waals surface area contributed by atoms with Crippen LogP contribution in [0.3, 0.4) is 0 Å². The molecule has 0 aliphatic carbocycles. The van der Waals surface area contributed by atoms with Crippen molar-refractivity contribution in [3.05, 3.63) is 29.3 Å². The smallest absolute Gasteiger partial charge is 0.411 e. The van der Waals surface area contributed by atoms with Gasteiger partial charge in [-0.3, -0.25) is 5.32 Å². The van der Waals surface area contributed by atoms with E-state index < -0.39 is 61.7 Å². The van der Waals surface area contributed by atoms with Crippen LogP contribution < -0.4 is 10.6 Å². The molecular formula is C57H105ClN2O9. The van der Waals surface area contributed by atoms with Crippen molar-refractivity contribution in [2.75, 3.05) is 25.1 Å². The molecule has 404 valence electrons. The molecule has 0 aromatic heterocycles. The Morgan fingerprint density at radius 1 is 0.594 bits per heavy atom. The fourth-order valence-corrected chi connectivity index (χ4v) is 9.75. The van der Waals surface area contributed by atoms with Crippen LogP contribution in [0.15, 0.2) is 24.3 Å². The first kappa shape index (κ1) is 63.6. The van der Waals surface area contributed by atoms with Gasteiger partial charge in [-0.05, 0) is 37.6 Å². The zero-order chi connectivity index (χ0) is 50.0. The number of aliphatic hydroxyl groups is 5. The van der Waals surface area contributed by atoms with E-state index in [-0.39, 0.29) is 6.61 Å². The number of amides is 1. The van der Waals surface area contributed by atoms with Crippen LogP contribution >= 0.6 is 11.6 Å². The van der Waals surface area contributed by atoms with Crippen LogP contribution in [0.5, 0.6) is 0 Å². The Kier molecular flexibility index (Phi) is 40.5. The molecule has 8 atom stereocenters. The van der Waals surface area contributed by atoms with Crippen LogP contribution in [-0.4, -0.2) is 100 Å². The van der Waals surface area contributed by atoms with Crippen LogP contribution in [0.4, 0.5) is 10.5 Å². The minimum atomic E-state index is -1.64. The summed E-state index contributed by atoms with van der Waals surface area (Å²) in [5, 5.41) is 61.1. The number of anilines is 1. The number of halogens is 1. The second-order valence-corrected chi connectivity index (χ2v) is 20.9. The number of hydrogen-bond donors (Lipinski definition) is 7. The summed E-state index contributed by atoms with van der Waals surface area (Å²) in [4.78, 5) is 12.5. The third-order valence-corrected chi connectivity index (χ3v) is 14.4. The SMILES string of the molecule is CCCCCCCCCCCCCCCCCCCCCCCCCCN[C@@H](CO[C@H]1O[C@H](COC(=O)Nc2cccc(Cl)c2)[C@H](O)[C@H](O)[C@H]1O)[C@H](O)[C@H](O)CCCCCCCCCCCCCC. The van der Waals surface area contributed by atoms with E-state index in [0.29, 0.717) is 23.7 Å². The van der Waals surface area contributed by atoms with Crippen molar-refractivity contribution in [2.24, 2.45) is 0 Å². The molecule has 1 amide bonds. The quantitative estimate of drug-likeness (QED) is 0.0312. The lowest BCUT2D eigenvalue weighted by atomic mass is 9.98. The van der Waals surface area contributed by atoms with Crippen molar-refractivity contribution in [1.82, 2.24) is 5.32 Å². The molecule has 0 bridgehead atoms. The van der Waals surface area contributed by atoms with Gasteiger partial charge >= 0.3 is 6.09 Å². The molecule has 1 heterocycles.